The van der Waals surface area contributed by atoms with Crippen molar-refractivity contribution in [3.8, 4) is 11.8 Å². The van der Waals surface area contributed by atoms with Gasteiger partial charge in [-0.1, -0.05) is 26.7 Å². The minimum atomic E-state index is 0.137. The van der Waals surface area contributed by atoms with Crippen LogP contribution >= 0.6 is 22.9 Å². The summed E-state index contributed by atoms with van der Waals surface area (Å²) in [6.07, 6.45) is 1.51. The van der Waals surface area contributed by atoms with Gasteiger partial charge in [-0.15, -0.1) is 28.9 Å². The molecule has 0 radical (unpaired) electrons. The van der Waals surface area contributed by atoms with Gasteiger partial charge in [-0.05, 0) is 0 Å². The third kappa shape index (κ3) is 4.24. The number of halogens is 1. The standard InChI is InChI=1S/C12H16ClNS/c1-12(2,3)10-9-15-11(14-10)7-5-4-6-8-13/h9H,6-8H2,1-3H3. The van der Waals surface area contributed by atoms with Crippen molar-refractivity contribution in [2.75, 3.05) is 5.88 Å². The van der Waals surface area contributed by atoms with Gasteiger partial charge in [0, 0.05) is 23.1 Å². The SMILES string of the molecule is CC(C)(C)c1csc(CC#CCCCl)n1. The van der Waals surface area contributed by atoms with E-state index in [0.29, 0.717) is 5.88 Å². The van der Waals surface area contributed by atoms with Gasteiger partial charge >= 0.3 is 0 Å². The van der Waals surface area contributed by atoms with Crippen LogP contribution in [0, 0.1) is 11.8 Å². The van der Waals surface area contributed by atoms with Gasteiger partial charge in [0.1, 0.15) is 5.01 Å². The summed E-state index contributed by atoms with van der Waals surface area (Å²) >= 11 is 7.22. The highest BCUT2D eigenvalue weighted by Crippen LogP contribution is 2.23. The van der Waals surface area contributed by atoms with E-state index in [4.69, 9.17) is 11.6 Å². The second-order valence-corrected chi connectivity index (χ2v) is 5.67. The average molecular weight is 242 g/mol. The number of nitrogens with zero attached hydrogens (tertiary/aromatic N) is 1. The van der Waals surface area contributed by atoms with E-state index >= 15 is 0 Å². The summed E-state index contributed by atoms with van der Waals surface area (Å²) in [5.74, 6) is 6.71. The summed E-state index contributed by atoms with van der Waals surface area (Å²) in [6, 6.07) is 0. The van der Waals surface area contributed by atoms with Gasteiger partial charge in [-0.2, -0.15) is 0 Å². The summed E-state index contributed by atoms with van der Waals surface area (Å²) in [4.78, 5) is 4.56. The topological polar surface area (TPSA) is 12.9 Å². The number of alkyl halides is 1. The molecule has 15 heavy (non-hydrogen) atoms. The van der Waals surface area contributed by atoms with Crippen molar-refractivity contribution >= 4 is 22.9 Å². The van der Waals surface area contributed by atoms with Crippen LogP contribution in [0.15, 0.2) is 5.38 Å². The first-order chi connectivity index (χ1) is 7.04. The zero-order valence-electron chi connectivity index (χ0n) is 9.43. The Morgan fingerprint density at radius 2 is 2.13 bits per heavy atom. The number of thiazole rings is 1. The molecule has 0 aliphatic carbocycles. The molecular weight excluding hydrogens is 226 g/mol. The quantitative estimate of drug-likeness (QED) is 0.569. The van der Waals surface area contributed by atoms with Gasteiger partial charge in [-0.25, -0.2) is 4.98 Å². The molecule has 0 amide bonds. The fourth-order valence-electron chi connectivity index (χ4n) is 1.01. The lowest BCUT2D eigenvalue weighted by Crippen LogP contribution is -2.11. The third-order valence-electron chi connectivity index (χ3n) is 1.90. The molecule has 0 spiro atoms. The Bertz CT molecular complexity index is 365. The van der Waals surface area contributed by atoms with E-state index in [1.54, 1.807) is 11.3 Å². The Balaban J connectivity index is 2.59. The van der Waals surface area contributed by atoms with Crippen LogP contribution in [0.25, 0.3) is 0 Å². The minimum absolute atomic E-state index is 0.137. The van der Waals surface area contributed by atoms with Gasteiger partial charge in [-0.3, -0.25) is 0 Å². The summed E-state index contributed by atoms with van der Waals surface area (Å²) in [6.45, 7) is 6.51. The lowest BCUT2D eigenvalue weighted by atomic mass is 9.93. The average Bonchev–Trinajstić information content (AvgIpc) is 2.60. The van der Waals surface area contributed by atoms with E-state index < -0.39 is 0 Å². The van der Waals surface area contributed by atoms with Crippen molar-refractivity contribution < 1.29 is 0 Å². The van der Waals surface area contributed by atoms with Gasteiger partial charge in [0.05, 0.1) is 12.1 Å². The van der Waals surface area contributed by atoms with Gasteiger partial charge in [0.15, 0.2) is 0 Å². The summed E-state index contributed by atoms with van der Waals surface area (Å²) in [5, 5.41) is 3.22. The molecule has 1 aromatic rings. The second-order valence-electron chi connectivity index (χ2n) is 4.35. The number of hydrogen-bond donors (Lipinski definition) is 0. The van der Waals surface area contributed by atoms with Crippen molar-refractivity contribution in [3.05, 3.63) is 16.1 Å². The van der Waals surface area contributed by atoms with E-state index in [0.717, 1.165) is 23.5 Å². The summed E-state index contributed by atoms with van der Waals surface area (Å²) in [5.41, 5.74) is 1.29. The predicted octanol–water partition coefficient (Wildman–Crippen LogP) is 3.62. The molecule has 1 heterocycles. The van der Waals surface area contributed by atoms with E-state index in [9.17, 15) is 0 Å². The van der Waals surface area contributed by atoms with Crippen molar-refractivity contribution in [2.45, 2.75) is 39.0 Å². The van der Waals surface area contributed by atoms with Crippen LogP contribution in [0.3, 0.4) is 0 Å². The minimum Gasteiger partial charge on any atom is -0.245 e. The zero-order valence-corrected chi connectivity index (χ0v) is 11.0. The lowest BCUT2D eigenvalue weighted by Gasteiger charge is -2.14. The van der Waals surface area contributed by atoms with Crippen molar-refractivity contribution in [2.24, 2.45) is 0 Å². The maximum absolute atomic E-state index is 5.53. The maximum Gasteiger partial charge on any atom is 0.105 e. The van der Waals surface area contributed by atoms with Crippen molar-refractivity contribution in [3.63, 3.8) is 0 Å². The van der Waals surface area contributed by atoms with Gasteiger partial charge < -0.3 is 0 Å². The van der Waals surface area contributed by atoms with Crippen molar-refractivity contribution in [1.82, 2.24) is 4.98 Å². The first kappa shape index (κ1) is 12.5. The molecule has 0 saturated heterocycles. The molecule has 1 rings (SSSR count). The molecule has 3 heteroatoms. The Morgan fingerprint density at radius 1 is 1.40 bits per heavy atom. The maximum atomic E-state index is 5.53. The van der Waals surface area contributed by atoms with Crippen molar-refractivity contribution in [1.29, 1.82) is 0 Å². The molecule has 0 aliphatic heterocycles. The van der Waals surface area contributed by atoms with Crippen LogP contribution in [0.2, 0.25) is 0 Å². The molecule has 0 aromatic carbocycles. The molecule has 0 aliphatic rings. The molecule has 1 nitrogen and oxygen atoms in total. The largest absolute Gasteiger partial charge is 0.245 e. The van der Waals surface area contributed by atoms with Gasteiger partial charge in [0.2, 0.25) is 0 Å². The monoisotopic (exact) mass is 241 g/mol. The number of aromatic nitrogens is 1. The molecule has 0 unspecified atom stereocenters. The Labute approximate surface area is 101 Å². The second kappa shape index (κ2) is 5.53. The predicted molar refractivity (Wildman–Crippen MR) is 67.6 cm³/mol. The molecule has 0 saturated carbocycles. The van der Waals surface area contributed by atoms with E-state index in [-0.39, 0.29) is 5.41 Å². The molecule has 1 aromatic heterocycles. The van der Waals surface area contributed by atoms with E-state index in [2.05, 4.69) is 43.0 Å². The zero-order chi connectivity index (χ0) is 11.3. The molecule has 82 valence electrons. The highest BCUT2D eigenvalue weighted by molar-refractivity contribution is 7.09. The Morgan fingerprint density at radius 3 is 2.67 bits per heavy atom. The first-order valence-corrected chi connectivity index (χ1v) is 6.42. The fraction of sp³-hybridized carbons (Fsp3) is 0.583. The fourth-order valence-corrected chi connectivity index (χ4v) is 2.07. The first-order valence-electron chi connectivity index (χ1n) is 5.00. The van der Waals surface area contributed by atoms with Gasteiger partial charge in [0.25, 0.3) is 0 Å². The Kier molecular flexibility index (Phi) is 4.63. The Hall–Kier alpha value is -0.520. The highest BCUT2D eigenvalue weighted by atomic mass is 35.5. The molecule has 0 atom stereocenters. The van der Waals surface area contributed by atoms with Crippen LogP contribution < -0.4 is 0 Å². The highest BCUT2D eigenvalue weighted by Gasteiger charge is 2.16. The van der Waals surface area contributed by atoms with E-state index in [1.165, 1.54) is 0 Å². The normalized spacial score (nSPS) is 10.9. The molecule has 0 fully saturated rings. The smallest absolute Gasteiger partial charge is 0.105 e. The van der Waals surface area contributed by atoms with E-state index in [1.807, 2.05) is 0 Å². The molecule has 0 N–H and O–H groups in total. The third-order valence-corrected chi connectivity index (χ3v) is 2.94. The van der Waals surface area contributed by atoms with Crippen LogP contribution in [0.1, 0.15) is 37.9 Å². The lowest BCUT2D eigenvalue weighted by molar-refractivity contribution is 0.571. The summed E-state index contributed by atoms with van der Waals surface area (Å²) in [7, 11) is 0. The van der Waals surface area contributed by atoms with Crippen LogP contribution in [-0.2, 0) is 11.8 Å². The van der Waals surface area contributed by atoms with Crippen LogP contribution in [0.4, 0.5) is 0 Å². The van der Waals surface area contributed by atoms with Crippen LogP contribution in [0.5, 0.6) is 0 Å². The van der Waals surface area contributed by atoms with Crippen LogP contribution in [-0.4, -0.2) is 10.9 Å². The molecule has 0 bridgehead atoms. The summed E-state index contributed by atoms with van der Waals surface area (Å²) < 4.78 is 0. The number of rotatable bonds is 2. The number of hydrogen-bond acceptors (Lipinski definition) is 2. The molecular formula is C12H16ClNS.